The van der Waals surface area contributed by atoms with Crippen molar-refractivity contribution in [3.63, 3.8) is 0 Å². The normalized spacial score (nSPS) is 25.5. The molecule has 1 saturated heterocycles. The number of fused-ring (bicyclic) bond motifs is 1. The molecule has 1 atom stereocenters. The predicted molar refractivity (Wildman–Crippen MR) is 74.2 cm³/mol. The standard InChI is InChI=1S/C14H24N4O/c1-16-6-8-17(9-7-16)5-4-14-15-10-12-2-3-13(19)11-18(12)14/h10,13,19H,2-9,11H2,1H3. The van der Waals surface area contributed by atoms with Crippen LogP contribution >= 0.6 is 0 Å². The lowest BCUT2D eigenvalue weighted by Crippen LogP contribution is -2.45. The molecule has 0 radical (unpaired) electrons. The molecular weight excluding hydrogens is 240 g/mol. The fourth-order valence-corrected chi connectivity index (χ4v) is 3.02. The van der Waals surface area contributed by atoms with Crippen molar-refractivity contribution in [1.82, 2.24) is 19.4 Å². The topological polar surface area (TPSA) is 44.5 Å². The van der Waals surface area contributed by atoms with Gasteiger partial charge in [0.25, 0.3) is 0 Å². The van der Waals surface area contributed by atoms with Gasteiger partial charge in [0.15, 0.2) is 0 Å². The van der Waals surface area contributed by atoms with Crippen molar-refractivity contribution in [2.24, 2.45) is 0 Å². The first-order valence-electron chi connectivity index (χ1n) is 7.34. The Morgan fingerprint density at radius 2 is 2.11 bits per heavy atom. The lowest BCUT2D eigenvalue weighted by Gasteiger charge is -2.32. The predicted octanol–water partition coefficient (Wildman–Crippen LogP) is -0.0199. The Morgan fingerprint density at radius 3 is 2.89 bits per heavy atom. The molecule has 3 rings (SSSR count). The molecule has 0 saturated carbocycles. The van der Waals surface area contributed by atoms with E-state index in [1.54, 1.807) is 0 Å². The average Bonchev–Trinajstić information content (AvgIpc) is 2.80. The van der Waals surface area contributed by atoms with Gasteiger partial charge >= 0.3 is 0 Å². The van der Waals surface area contributed by atoms with Gasteiger partial charge in [-0.1, -0.05) is 0 Å². The van der Waals surface area contributed by atoms with E-state index in [2.05, 4.69) is 26.4 Å². The first-order valence-corrected chi connectivity index (χ1v) is 7.34. The summed E-state index contributed by atoms with van der Waals surface area (Å²) >= 11 is 0. The highest BCUT2D eigenvalue weighted by molar-refractivity contribution is 5.09. The molecule has 2 aliphatic rings. The van der Waals surface area contributed by atoms with Crippen molar-refractivity contribution >= 4 is 0 Å². The molecule has 2 aliphatic heterocycles. The number of hydrogen-bond acceptors (Lipinski definition) is 4. The highest BCUT2D eigenvalue weighted by atomic mass is 16.3. The van der Waals surface area contributed by atoms with Crippen molar-refractivity contribution in [1.29, 1.82) is 0 Å². The largest absolute Gasteiger partial charge is 0.391 e. The molecular formula is C14H24N4O. The summed E-state index contributed by atoms with van der Waals surface area (Å²) in [6, 6.07) is 0. The van der Waals surface area contributed by atoms with Gasteiger partial charge in [0, 0.05) is 51.0 Å². The molecule has 0 bridgehead atoms. The number of aryl methyl sites for hydroxylation is 1. The smallest absolute Gasteiger partial charge is 0.110 e. The summed E-state index contributed by atoms with van der Waals surface area (Å²) < 4.78 is 2.23. The molecule has 106 valence electrons. The van der Waals surface area contributed by atoms with E-state index in [0.717, 1.165) is 51.3 Å². The van der Waals surface area contributed by atoms with E-state index in [-0.39, 0.29) is 6.10 Å². The summed E-state index contributed by atoms with van der Waals surface area (Å²) in [5.41, 5.74) is 1.29. The highest BCUT2D eigenvalue weighted by Gasteiger charge is 2.20. The number of hydrogen-bond donors (Lipinski definition) is 1. The summed E-state index contributed by atoms with van der Waals surface area (Å²) in [6.07, 6.45) is 4.64. The first-order chi connectivity index (χ1) is 9.22. The Labute approximate surface area is 114 Å². The van der Waals surface area contributed by atoms with Crippen molar-refractivity contribution < 1.29 is 5.11 Å². The van der Waals surface area contributed by atoms with Crippen LogP contribution in [0.5, 0.6) is 0 Å². The summed E-state index contributed by atoms with van der Waals surface area (Å²) in [4.78, 5) is 9.44. The Bertz CT molecular complexity index is 423. The van der Waals surface area contributed by atoms with E-state index in [4.69, 9.17) is 0 Å². The minimum Gasteiger partial charge on any atom is -0.391 e. The van der Waals surface area contributed by atoms with Gasteiger partial charge in [0.05, 0.1) is 12.6 Å². The molecule has 1 unspecified atom stereocenters. The molecule has 5 heteroatoms. The van der Waals surface area contributed by atoms with Gasteiger partial charge in [-0.25, -0.2) is 4.98 Å². The minimum atomic E-state index is -0.191. The maximum Gasteiger partial charge on any atom is 0.110 e. The number of nitrogens with zero attached hydrogens (tertiary/aromatic N) is 4. The first kappa shape index (κ1) is 13.1. The highest BCUT2D eigenvalue weighted by Crippen LogP contribution is 2.17. The molecule has 0 aliphatic carbocycles. The van der Waals surface area contributed by atoms with Crippen molar-refractivity contribution in [3.05, 3.63) is 17.7 Å². The van der Waals surface area contributed by atoms with Gasteiger partial charge in [0.1, 0.15) is 5.82 Å². The summed E-state index contributed by atoms with van der Waals surface area (Å²) in [7, 11) is 2.18. The molecule has 3 heterocycles. The molecule has 1 N–H and O–H groups in total. The molecule has 0 amide bonds. The molecule has 5 nitrogen and oxygen atoms in total. The third-order valence-electron chi connectivity index (χ3n) is 4.40. The van der Waals surface area contributed by atoms with Gasteiger partial charge in [0.2, 0.25) is 0 Å². The summed E-state index contributed by atoms with van der Waals surface area (Å²) in [5.74, 6) is 1.15. The van der Waals surface area contributed by atoms with Crippen LogP contribution in [0.25, 0.3) is 0 Å². The van der Waals surface area contributed by atoms with Crippen LogP contribution in [0.1, 0.15) is 17.9 Å². The Balaban J connectivity index is 1.57. The summed E-state index contributed by atoms with van der Waals surface area (Å²) in [5, 5.41) is 9.78. The molecule has 1 aromatic heterocycles. The molecule has 0 aromatic carbocycles. The molecule has 0 spiro atoms. The van der Waals surface area contributed by atoms with Crippen molar-refractivity contribution in [2.45, 2.75) is 31.9 Å². The number of rotatable bonds is 3. The number of piperazine rings is 1. The van der Waals surface area contributed by atoms with Crippen LogP contribution in [-0.2, 0) is 19.4 Å². The van der Waals surface area contributed by atoms with E-state index in [1.807, 2.05) is 6.20 Å². The van der Waals surface area contributed by atoms with Crippen LogP contribution in [0.15, 0.2) is 6.20 Å². The van der Waals surface area contributed by atoms with E-state index in [1.165, 1.54) is 18.8 Å². The fraction of sp³-hybridized carbons (Fsp3) is 0.786. The van der Waals surface area contributed by atoms with E-state index in [9.17, 15) is 5.11 Å². The van der Waals surface area contributed by atoms with Gasteiger partial charge in [-0.05, 0) is 19.9 Å². The van der Waals surface area contributed by atoms with Crippen LogP contribution < -0.4 is 0 Å². The monoisotopic (exact) mass is 264 g/mol. The zero-order valence-electron chi connectivity index (χ0n) is 11.8. The quantitative estimate of drug-likeness (QED) is 0.833. The zero-order chi connectivity index (χ0) is 13.2. The Hall–Kier alpha value is -0.910. The lowest BCUT2D eigenvalue weighted by atomic mass is 10.1. The van der Waals surface area contributed by atoms with E-state index >= 15 is 0 Å². The maximum absolute atomic E-state index is 9.78. The number of imidazole rings is 1. The van der Waals surface area contributed by atoms with Gasteiger partial charge in [-0.2, -0.15) is 0 Å². The second kappa shape index (κ2) is 5.61. The van der Waals surface area contributed by atoms with Crippen molar-refractivity contribution in [2.75, 3.05) is 39.8 Å². The SMILES string of the molecule is CN1CCN(CCc2ncc3n2CC(O)CC3)CC1. The van der Waals surface area contributed by atoms with Gasteiger partial charge in [-0.3, -0.25) is 0 Å². The second-order valence-corrected chi connectivity index (χ2v) is 5.86. The fourth-order valence-electron chi connectivity index (χ4n) is 3.02. The number of likely N-dealkylation sites (N-methyl/N-ethyl adjacent to an activating group) is 1. The van der Waals surface area contributed by atoms with Crippen LogP contribution in [0, 0.1) is 0 Å². The number of aromatic nitrogens is 2. The number of aliphatic hydroxyl groups excluding tert-OH is 1. The average molecular weight is 264 g/mol. The lowest BCUT2D eigenvalue weighted by molar-refractivity contribution is 0.128. The second-order valence-electron chi connectivity index (χ2n) is 5.86. The molecule has 19 heavy (non-hydrogen) atoms. The summed E-state index contributed by atoms with van der Waals surface area (Å²) in [6.45, 7) is 6.46. The van der Waals surface area contributed by atoms with Crippen LogP contribution in [-0.4, -0.2) is 70.3 Å². The van der Waals surface area contributed by atoms with Crippen LogP contribution in [0.2, 0.25) is 0 Å². The zero-order valence-corrected chi connectivity index (χ0v) is 11.8. The van der Waals surface area contributed by atoms with Crippen molar-refractivity contribution in [3.8, 4) is 0 Å². The molecule has 1 aromatic rings. The van der Waals surface area contributed by atoms with Gasteiger partial charge < -0.3 is 19.5 Å². The minimum absolute atomic E-state index is 0.191. The van der Waals surface area contributed by atoms with E-state index in [0.29, 0.717) is 0 Å². The van der Waals surface area contributed by atoms with Crippen LogP contribution in [0.3, 0.4) is 0 Å². The Morgan fingerprint density at radius 1 is 1.32 bits per heavy atom. The Kier molecular flexibility index (Phi) is 3.86. The molecule has 1 fully saturated rings. The number of aliphatic hydroxyl groups is 1. The third-order valence-corrected chi connectivity index (χ3v) is 4.40. The maximum atomic E-state index is 9.78. The van der Waals surface area contributed by atoms with Crippen LogP contribution in [0.4, 0.5) is 0 Å². The van der Waals surface area contributed by atoms with E-state index < -0.39 is 0 Å². The third kappa shape index (κ3) is 2.99. The van der Waals surface area contributed by atoms with Gasteiger partial charge in [-0.15, -0.1) is 0 Å².